The summed E-state index contributed by atoms with van der Waals surface area (Å²) < 4.78 is 12.7. The van der Waals surface area contributed by atoms with Crippen molar-refractivity contribution < 1.29 is 13.9 Å². The lowest BCUT2D eigenvalue weighted by Gasteiger charge is -2.35. The molecule has 10 heteroatoms. The van der Waals surface area contributed by atoms with Crippen LogP contribution in [0.25, 0.3) is 16.6 Å². The average Bonchev–Trinajstić information content (AvgIpc) is 3.56. The van der Waals surface area contributed by atoms with Crippen LogP contribution in [0.3, 0.4) is 0 Å². The second-order valence-electron chi connectivity index (χ2n) is 8.23. The number of piperazine rings is 1. The summed E-state index contributed by atoms with van der Waals surface area (Å²) in [6, 6.07) is 7.98. The predicted octanol–water partition coefficient (Wildman–Crippen LogP) is 3.06. The zero-order valence-corrected chi connectivity index (χ0v) is 19.2. The number of oxazole rings is 1. The number of nitrogens with zero attached hydrogens (tertiary/aromatic N) is 7. The molecule has 176 valence electrons. The van der Waals surface area contributed by atoms with Gasteiger partial charge in [0.25, 0.3) is 0 Å². The minimum atomic E-state index is -0.00370. The fraction of sp³-hybridized carbons (Fsp3) is 0.240. The Labute approximate surface area is 201 Å². The molecule has 5 heterocycles. The number of hydrogen-bond acceptors (Lipinski definition) is 8. The van der Waals surface area contributed by atoms with Gasteiger partial charge in [0.1, 0.15) is 23.9 Å². The van der Waals surface area contributed by atoms with E-state index in [9.17, 15) is 10.1 Å². The van der Waals surface area contributed by atoms with Crippen LogP contribution in [-0.2, 0) is 11.4 Å². The molecule has 0 N–H and O–H groups in total. The van der Waals surface area contributed by atoms with Gasteiger partial charge in [-0.2, -0.15) is 10.4 Å². The maximum atomic E-state index is 12.2. The molecule has 10 nitrogen and oxygen atoms in total. The first kappa shape index (κ1) is 22.2. The van der Waals surface area contributed by atoms with Gasteiger partial charge in [0.05, 0.1) is 29.7 Å². The first-order valence-electron chi connectivity index (χ1n) is 11.1. The Kier molecular flexibility index (Phi) is 5.89. The first-order valence-corrected chi connectivity index (χ1v) is 11.1. The van der Waals surface area contributed by atoms with E-state index in [0.717, 1.165) is 16.9 Å². The van der Waals surface area contributed by atoms with Crippen LogP contribution in [0.5, 0.6) is 5.75 Å². The Morgan fingerprint density at radius 1 is 1.23 bits per heavy atom. The molecule has 0 atom stereocenters. The highest BCUT2D eigenvalue weighted by Gasteiger charge is 2.22. The second-order valence-corrected chi connectivity index (χ2v) is 8.23. The number of pyridine rings is 2. The molecular formula is C25H23N7O3. The Bertz CT molecular complexity index is 1410. The number of amides is 1. The highest BCUT2D eigenvalue weighted by Crippen LogP contribution is 2.31. The Hall–Kier alpha value is -4.65. The molecule has 1 fully saturated rings. The van der Waals surface area contributed by atoms with E-state index in [0.29, 0.717) is 54.5 Å². The Balaban J connectivity index is 1.39. The third kappa shape index (κ3) is 4.44. The van der Waals surface area contributed by atoms with Gasteiger partial charge in [-0.25, -0.2) is 14.5 Å². The van der Waals surface area contributed by atoms with Gasteiger partial charge in [0.15, 0.2) is 6.61 Å². The van der Waals surface area contributed by atoms with Gasteiger partial charge in [-0.15, -0.1) is 0 Å². The Morgan fingerprint density at radius 2 is 2.06 bits per heavy atom. The summed E-state index contributed by atoms with van der Waals surface area (Å²) in [4.78, 5) is 24.9. The summed E-state index contributed by atoms with van der Waals surface area (Å²) in [5, 5.41) is 13.9. The molecular weight excluding hydrogens is 446 g/mol. The molecule has 4 aromatic rings. The number of anilines is 1. The van der Waals surface area contributed by atoms with Crippen molar-refractivity contribution >= 4 is 17.2 Å². The van der Waals surface area contributed by atoms with Crippen LogP contribution in [0.2, 0.25) is 0 Å². The summed E-state index contributed by atoms with van der Waals surface area (Å²) in [6.07, 6.45) is 8.08. The van der Waals surface area contributed by atoms with Crippen molar-refractivity contribution in [2.75, 3.05) is 31.1 Å². The number of aromatic nitrogens is 4. The van der Waals surface area contributed by atoms with Crippen LogP contribution in [0.15, 0.2) is 65.8 Å². The molecule has 4 aromatic heterocycles. The molecule has 0 spiro atoms. The van der Waals surface area contributed by atoms with Gasteiger partial charge in [-0.3, -0.25) is 4.79 Å². The predicted molar refractivity (Wildman–Crippen MR) is 128 cm³/mol. The number of hydrogen-bond donors (Lipinski definition) is 0. The van der Waals surface area contributed by atoms with Crippen LogP contribution in [0.4, 0.5) is 5.82 Å². The van der Waals surface area contributed by atoms with Crippen LogP contribution in [-0.4, -0.2) is 56.6 Å². The number of rotatable bonds is 6. The standard InChI is InChI=1S/C25H23N7O3/c1-17(2)25(33)31-8-6-30(7-9-31)22-4-3-18(13-28-22)21-11-20(35-16-23-27-5-10-34-23)15-32-24(21)19(12-26)14-29-32/h3-5,10-11,13-15H,1,6-9,16H2,2H3. The minimum Gasteiger partial charge on any atom is -0.482 e. The van der Waals surface area contributed by atoms with Crippen molar-refractivity contribution in [3.63, 3.8) is 0 Å². The largest absolute Gasteiger partial charge is 0.482 e. The topological polar surface area (TPSA) is 113 Å². The molecule has 0 aliphatic carbocycles. The third-order valence-corrected chi connectivity index (χ3v) is 5.87. The Morgan fingerprint density at radius 3 is 2.71 bits per heavy atom. The lowest BCUT2D eigenvalue weighted by Crippen LogP contribution is -2.49. The highest BCUT2D eigenvalue weighted by atomic mass is 16.5. The average molecular weight is 470 g/mol. The second kappa shape index (κ2) is 9.30. The summed E-state index contributed by atoms with van der Waals surface area (Å²) in [5.74, 6) is 1.84. The van der Waals surface area contributed by atoms with Crippen LogP contribution >= 0.6 is 0 Å². The van der Waals surface area contributed by atoms with Crippen LogP contribution in [0.1, 0.15) is 18.4 Å². The van der Waals surface area contributed by atoms with E-state index in [1.165, 1.54) is 12.5 Å². The van der Waals surface area contributed by atoms with E-state index in [4.69, 9.17) is 9.15 Å². The minimum absolute atomic E-state index is 0.00370. The number of carbonyl (C=O) groups is 1. The number of nitriles is 1. The molecule has 1 aliphatic heterocycles. The molecule has 5 rings (SSSR count). The van der Waals surface area contributed by atoms with Crippen molar-refractivity contribution in [3.8, 4) is 22.9 Å². The van der Waals surface area contributed by atoms with E-state index < -0.39 is 0 Å². The van der Waals surface area contributed by atoms with Gasteiger partial charge in [0.2, 0.25) is 11.8 Å². The SMILES string of the molecule is C=C(C)C(=O)N1CCN(c2ccc(-c3cc(OCc4ncco4)cn4ncc(C#N)c34)cn2)CC1. The van der Waals surface area contributed by atoms with Crippen LogP contribution < -0.4 is 9.64 Å². The van der Waals surface area contributed by atoms with Crippen molar-refractivity contribution in [2.24, 2.45) is 0 Å². The summed E-state index contributed by atoms with van der Waals surface area (Å²) >= 11 is 0. The quantitative estimate of drug-likeness (QED) is 0.396. The molecule has 1 aliphatic rings. The first-order chi connectivity index (χ1) is 17.0. The lowest BCUT2D eigenvalue weighted by molar-refractivity contribution is -0.127. The summed E-state index contributed by atoms with van der Waals surface area (Å²) in [6.45, 7) is 8.29. The molecule has 1 amide bonds. The normalized spacial score (nSPS) is 13.6. The van der Waals surface area contributed by atoms with Crippen molar-refractivity contribution in [1.29, 1.82) is 5.26 Å². The van der Waals surface area contributed by atoms with E-state index in [-0.39, 0.29) is 12.5 Å². The van der Waals surface area contributed by atoms with E-state index in [2.05, 4.69) is 32.6 Å². The van der Waals surface area contributed by atoms with Gasteiger partial charge in [-0.05, 0) is 25.1 Å². The van der Waals surface area contributed by atoms with E-state index in [1.807, 2.05) is 23.1 Å². The number of carbonyl (C=O) groups excluding carboxylic acids is 1. The van der Waals surface area contributed by atoms with Gasteiger partial charge in [-0.1, -0.05) is 6.58 Å². The molecule has 0 aromatic carbocycles. The molecule has 0 saturated carbocycles. The molecule has 0 radical (unpaired) electrons. The fourth-order valence-corrected chi connectivity index (χ4v) is 4.09. The molecule has 0 unspecified atom stereocenters. The summed E-state index contributed by atoms with van der Waals surface area (Å²) in [5.41, 5.74) is 3.29. The highest BCUT2D eigenvalue weighted by molar-refractivity contribution is 5.92. The monoisotopic (exact) mass is 469 g/mol. The fourth-order valence-electron chi connectivity index (χ4n) is 4.09. The van der Waals surface area contributed by atoms with Gasteiger partial charge >= 0.3 is 0 Å². The molecule has 1 saturated heterocycles. The van der Waals surface area contributed by atoms with E-state index in [1.54, 1.807) is 30.0 Å². The van der Waals surface area contributed by atoms with Crippen molar-refractivity contribution in [3.05, 3.63) is 72.9 Å². The van der Waals surface area contributed by atoms with Crippen molar-refractivity contribution in [2.45, 2.75) is 13.5 Å². The number of fused-ring (bicyclic) bond motifs is 1. The maximum absolute atomic E-state index is 12.2. The zero-order chi connectivity index (χ0) is 24.4. The summed E-state index contributed by atoms with van der Waals surface area (Å²) in [7, 11) is 0. The third-order valence-electron chi connectivity index (χ3n) is 5.87. The molecule has 35 heavy (non-hydrogen) atoms. The smallest absolute Gasteiger partial charge is 0.249 e. The number of ether oxygens (including phenoxy) is 1. The van der Waals surface area contributed by atoms with Gasteiger partial charge in [0, 0.05) is 49.1 Å². The molecule has 0 bridgehead atoms. The zero-order valence-electron chi connectivity index (χ0n) is 19.2. The lowest BCUT2D eigenvalue weighted by atomic mass is 10.1. The van der Waals surface area contributed by atoms with Crippen LogP contribution in [0, 0.1) is 11.3 Å². The van der Waals surface area contributed by atoms with Crippen molar-refractivity contribution in [1.82, 2.24) is 24.5 Å². The maximum Gasteiger partial charge on any atom is 0.249 e. The van der Waals surface area contributed by atoms with Gasteiger partial charge < -0.3 is 19.0 Å². The van der Waals surface area contributed by atoms with E-state index >= 15 is 0 Å².